The quantitative estimate of drug-likeness (QED) is 0.195. The molecule has 0 radical (unpaired) electrons. The molecule has 38 heavy (non-hydrogen) atoms. The SMILES string of the molecule is C=C[Si](OCC(=C)C1CC=C(C)C(O[Si](C)(C)C(C)(C)C)=C1C(=O)OC)(c1ccccc1)c1ccccc1. The summed E-state index contributed by atoms with van der Waals surface area (Å²) in [4.78, 5) is 13.2. The maximum Gasteiger partial charge on any atom is 0.338 e. The largest absolute Gasteiger partial charge is 0.543 e. The molecule has 0 saturated carbocycles. The lowest BCUT2D eigenvalue weighted by Gasteiger charge is -2.40. The predicted molar refractivity (Wildman–Crippen MR) is 162 cm³/mol. The first kappa shape index (κ1) is 29.6. The summed E-state index contributed by atoms with van der Waals surface area (Å²) < 4.78 is 18.9. The van der Waals surface area contributed by atoms with Gasteiger partial charge in [-0.25, -0.2) is 4.79 Å². The Labute approximate surface area is 231 Å². The van der Waals surface area contributed by atoms with Crippen LogP contribution in [-0.2, 0) is 18.4 Å². The number of hydrogen-bond acceptors (Lipinski definition) is 4. The van der Waals surface area contributed by atoms with Gasteiger partial charge in [-0.3, -0.25) is 0 Å². The van der Waals surface area contributed by atoms with Gasteiger partial charge in [-0.15, -0.1) is 6.58 Å². The van der Waals surface area contributed by atoms with Crippen LogP contribution in [0.1, 0.15) is 34.1 Å². The minimum atomic E-state index is -2.77. The number of benzene rings is 2. The van der Waals surface area contributed by atoms with Crippen molar-refractivity contribution in [1.82, 2.24) is 0 Å². The maximum atomic E-state index is 13.2. The number of carbonyl (C=O) groups excluding carboxylic acids is 1. The van der Waals surface area contributed by atoms with Crippen molar-refractivity contribution in [3.05, 3.63) is 108 Å². The summed E-state index contributed by atoms with van der Waals surface area (Å²) in [5.74, 6) is -0.0103. The van der Waals surface area contributed by atoms with Crippen molar-refractivity contribution in [2.45, 2.75) is 52.2 Å². The first-order valence-corrected chi connectivity index (χ1v) is 18.0. The number of methoxy groups -OCH3 is 1. The molecule has 0 N–H and O–H groups in total. The number of allylic oxidation sites excluding steroid dienone is 2. The van der Waals surface area contributed by atoms with Gasteiger partial charge in [0.1, 0.15) is 5.76 Å². The Balaban J connectivity index is 2.00. The second-order valence-corrected chi connectivity index (χ2v) is 19.4. The first-order chi connectivity index (χ1) is 17.9. The minimum absolute atomic E-state index is 0.0187. The molecular weight excluding hydrogens is 505 g/mol. The van der Waals surface area contributed by atoms with Crippen molar-refractivity contribution < 1.29 is 18.4 Å². The molecule has 1 unspecified atom stereocenters. The van der Waals surface area contributed by atoms with Gasteiger partial charge in [0.05, 0.1) is 19.3 Å². The fraction of sp³-hybridized carbons (Fsp3) is 0.344. The van der Waals surface area contributed by atoms with Crippen LogP contribution < -0.4 is 10.4 Å². The number of rotatable bonds is 10. The molecule has 0 amide bonds. The van der Waals surface area contributed by atoms with E-state index in [1.165, 1.54) is 7.11 Å². The summed E-state index contributed by atoms with van der Waals surface area (Å²) in [5, 5.41) is 2.20. The smallest absolute Gasteiger partial charge is 0.338 e. The Kier molecular flexibility index (Phi) is 9.23. The molecule has 0 bridgehead atoms. The molecule has 1 aliphatic rings. The Morgan fingerprint density at radius 3 is 2.00 bits per heavy atom. The van der Waals surface area contributed by atoms with Gasteiger partial charge in [0.2, 0.25) is 0 Å². The Bertz CT molecular complexity index is 1180. The van der Waals surface area contributed by atoms with E-state index in [-0.39, 0.29) is 23.5 Å². The number of hydrogen-bond donors (Lipinski definition) is 0. The molecular formula is C32H42O4Si2. The third-order valence-corrected chi connectivity index (χ3v) is 15.7. The molecule has 0 fully saturated rings. The number of carbonyl (C=O) groups is 1. The summed E-state index contributed by atoms with van der Waals surface area (Å²) in [6.07, 6.45) is 2.78. The van der Waals surface area contributed by atoms with Crippen LogP contribution in [0, 0.1) is 5.92 Å². The van der Waals surface area contributed by atoms with Crippen molar-refractivity contribution in [2.75, 3.05) is 13.7 Å². The standard InChI is InChI=1S/C32H42O4Si2/c1-10-38(26-17-13-11-14-18-26,27-19-15-12-16-20-27)35-23-25(3)28-22-21-24(2)30(29(28)31(33)34-7)36-37(8,9)32(4,5)6/h10-21,28H,1,3,22-23H2,2,4-9H3. The maximum absolute atomic E-state index is 13.2. The molecule has 0 spiro atoms. The van der Waals surface area contributed by atoms with E-state index < -0.39 is 16.6 Å². The van der Waals surface area contributed by atoms with Crippen LogP contribution in [0.3, 0.4) is 0 Å². The van der Waals surface area contributed by atoms with Crippen molar-refractivity contribution in [2.24, 2.45) is 5.92 Å². The highest BCUT2D eigenvalue weighted by Gasteiger charge is 2.43. The van der Waals surface area contributed by atoms with Crippen LogP contribution in [-0.4, -0.2) is 36.3 Å². The molecule has 1 aliphatic carbocycles. The average molecular weight is 547 g/mol. The second-order valence-electron chi connectivity index (χ2n) is 11.4. The Morgan fingerprint density at radius 2 is 1.55 bits per heavy atom. The zero-order valence-corrected chi connectivity index (χ0v) is 26.0. The third kappa shape index (κ3) is 6.03. The molecule has 4 nitrogen and oxygen atoms in total. The van der Waals surface area contributed by atoms with Crippen LogP contribution in [0.15, 0.2) is 108 Å². The van der Waals surface area contributed by atoms with Gasteiger partial charge < -0.3 is 13.6 Å². The fourth-order valence-corrected chi connectivity index (χ4v) is 8.57. The van der Waals surface area contributed by atoms with E-state index in [0.717, 1.165) is 21.5 Å². The molecule has 1 atom stereocenters. The topological polar surface area (TPSA) is 44.8 Å². The average Bonchev–Trinajstić information content (AvgIpc) is 2.90. The molecule has 0 saturated heterocycles. The summed E-state index contributed by atoms with van der Waals surface area (Å²) in [5.41, 5.74) is 4.29. The summed E-state index contributed by atoms with van der Waals surface area (Å²) in [6.45, 7) is 21.9. The van der Waals surface area contributed by atoms with Gasteiger partial charge in [-0.05, 0) is 53.0 Å². The van der Waals surface area contributed by atoms with Crippen LogP contribution in [0.2, 0.25) is 18.1 Å². The number of ether oxygens (including phenoxy) is 1. The van der Waals surface area contributed by atoms with E-state index in [0.29, 0.717) is 17.8 Å². The Morgan fingerprint density at radius 1 is 1.03 bits per heavy atom. The van der Waals surface area contributed by atoms with E-state index in [1.807, 2.05) is 49.0 Å². The molecule has 0 aromatic heterocycles. The van der Waals surface area contributed by atoms with Gasteiger partial charge in [0.25, 0.3) is 16.6 Å². The van der Waals surface area contributed by atoms with Crippen molar-refractivity contribution in [3.8, 4) is 0 Å². The van der Waals surface area contributed by atoms with Crippen LogP contribution in [0.4, 0.5) is 0 Å². The molecule has 202 valence electrons. The molecule has 2 aromatic carbocycles. The highest BCUT2D eigenvalue weighted by atomic mass is 28.4. The van der Waals surface area contributed by atoms with Gasteiger partial charge in [0, 0.05) is 5.92 Å². The monoisotopic (exact) mass is 546 g/mol. The highest BCUT2D eigenvalue weighted by molar-refractivity contribution is 7.01. The fourth-order valence-electron chi connectivity index (χ4n) is 4.44. The van der Waals surface area contributed by atoms with E-state index in [1.54, 1.807) is 0 Å². The molecule has 6 heteroatoms. The lowest BCUT2D eigenvalue weighted by molar-refractivity contribution is -0.136. The summed E-state index contributed by atoms with van der Waals surface area (Å²) in [6, 6.07) is 20.5. The first-order valence-electron chi connectivity index (χ1n) is 13.1. The lowest BCUT2D eigenvalue weighted by Crippen LogP contribution is -2.59. The van der Waals surface area contributed by atoms with Gasteiger partial charge in [-0.2, -0.15) is 0 Å². The van der Waals surface area contributed by atoms with Crippen LogP contribution >= 0.6 is 0 Å². The van der Waals surface area contributed by atoms with Gasteiger partial charge >= 0.3 is 5.97 Å². The minimum Gasteiger partial charge on any atom is -0.543 e. The molecule has 2 aromatic rings. The predicted octanol–water partition coefficient (Wildman–Crippen LogP) is 6.46. The zero-order valence-electron chi connectivity index (χ0n) is 24.0. The van der Waals surface area contributed by atoms with Crippen molar-refractivity contribution in [1.29, 1.82) is 0 Å². The van der Waals surface area contributed by atoms with Crippen LogP contribution in [0.5, 0.6) is 0 Å². The zero-order chi connectivity index (χ0) is 28.1. The van der Waals surface area contributed by atoms with Crippen molar-refractivity contribution in [3.63, 3.8) is 0 Å². The lowest BCUT2D eigenvalue weighted by atomic mass is 9.83. The van der Waals surface area contributed by atoms with Crippen LogP contribution in [0.25, 0.3) is 0 Å². The van der Waals surface area contributed by atoms with Gasteiger partial charge in [0.15, 0.2) is 0 Å². The van der Waals surface area contributed by atoms with Crippen molar-refractivity contribution >= 4 is 33.0 Å². The van der Waals surface area contributed by atoms with Gasteiger partial charge in [-0.1, -0.05) is 99.8 Å². The summed E-state index contributed by atoms with van der Waals surface area (Å²) in [7, 11) is -3.56. The highest BCUT2D eigenvalue weighted by Crippen LogP contribution is 2.43. The van der Waals surface area contributed by atoms with E-state index in [4.69, 9.17) is 13.6 Å². The normalized spacial score (nSPS) is 16.5. The second kappa shape index (κ2) is 11.8. The third-order valence-electron chi connectivity index (χ3n) is 7.85. The number of esters is 1. The van der Waals surface area contributed by atoms with E-state index in [2.05, 4.69) is 77.4 Å². The summed E-state index contributed by atoms with van der Waals surface area (Å²) >= 11 is 0. The van der Waals surface area contributed by atoms with E-state index >= 15 is 0 Å². The molecule has 0 heterocycles. The molecule has 3 rings (SSSR count). The molecule has 0 aliphatic heterocycles. The Hall–Kier alpha value is -2.94. The van der Waals surface area contributed by atoms with E-state index in [9.17, 15) is 4.79 Å².